The SMILES string of the molecule is C=CCCCCCC(CC1CCOC1)NCC. The van der Waals surface area contributed by atoms with Gasteiger partial charge in [0, 0.05) is 19.3 Å². The van der Waals surface area contributed by atoms with E-state index < -0.39 is 0 Å². The summed E-state index contributed by atoms with van der Waals surface area (Å²) in [7, 11) is 0. The first-order valence-electron chi connectivity index (χ1n) is 7.28. The lowest BCUT2D eigenvalue weighted by Crippen LogP contribution is -2.31. The van der Waals surface area contributed by atoms with Gasteiger partial charge >= 0.3 is 0 Å². The summed E-state index contributed by atoms with van der Waals surface area (Å²) in [6.45, 7) is 9.02. The van der Waals surface area contributed by atoms with Gasteiger partial charge in [0.05, 0.1) is 0 Å². The van der Waals surface area contributed by atoms with Crippen LogP contribution in [0.4, 0.5) is 0 Å². The van der Waals surface area contributed by atoms with Crippen molar-refractivity contribution in [1.82, 2.24) is 5.32 Å². The largest absolute Gasteiger partial charge is 0.381 e. The van der Waals surface area contributed by atoms with Gasteiger partial charge in [0.1, 0.15) is 0 Å². The zero-order valence-corrected chi connectivity index (χ0v) is 11.4. The highest BCUT2D eigenvalue weighted by Gasteiger charge is 2.19. The minimum absolute atomic E-state index is 0.704. The summed E-state index contributed by atoms with van der Waals surface area (Å²) in [5, 5.41) is 3.62. The van der Waals surface area contributed by atoms with Crippen LogP contribution in [0.5, 0.6) is 0 Å². The Bertz CT molecular complexity index is 187. The first-order chi connectivity index (χ1) is 8.36. The third-order valence-corrected chi connectivity index (χ3v) is 3.60. The summed E-state index contributed by atoms with van der Waals surface area (Å²) in [6.07, 6.45) is 11.1. The molecule has 1 heterocycles. The van der Waals surface area contributed by atoms with Crippen LogP contribution in [-0.2, 0) is 4.74 Å². The van der Waals surface area contributed by atoms with Crippen LogP contribution in [0.15, 0.2) is 12.7 Å². The molecule has 17 heavy (non-hydrogen) atoms. The van der Waals surface area contributed by atoms with E-state index in [-0.39, 0.29) is 0 Å². The highest BCUT2D eigenvalue weighted by atomic mass is 16.5. The fraction of sp³-hybridized carbons (Fsp3) is 0.867. The van der Waals surface area contributed by atoms with Gasteiger partial charge in [-0.05, 0) is 44.6 Å². The minimum Gasteiger partial charge on any atom is -0.381 e. The highest BCUT2D eigenvalue weighted by molar-refractivity contribution is 4.74. The van der Waals surface area contributed by atoms with Gasteiger partial charge in [-0.3, -0.25) is 0 Å². The smallest absolute Gasteiger partial charge is 0.0495 e. The topological polar surface area (TPSA) is 21.3 Å². The van der Waals surface area contributed by atoms with Gasteiger partial charge in [0.25, 0.3) is 0 Å². The zero-order chi connectivity index (χ0) is 12.3. The Morgan fingerprint density at radius 2 is 2.29 bits per heavy atom. The lowest BCUT2D eigenvalue weighted by Gasteiger charge is -2.20. The normalized spacial score (nSPS) is 21.6. The van der Waals surface area contributed by atoms with Crippen LogP contribution in [0, 0.1) is 5.92 Å². The fourth-order valence-electron chi connectivity index (χ4n) is 2.62. The molecule has 0 aliphatic carbocycles. The molecule has 2 atom stereocenters. The fourth-order valence-corrected chi connectivity index (χ4v) is 2.62. The second-order valence-electron chi connectivity index (χ2n) is 5.15. The Kier molecular flexibility index (Phi) is 8.37. The van der Waals surface area contributed by atoms with E-state index in [0.29, 0.717) is 6.04 Å². The van der Waals surface area contributed by atoms with Crippen molar-refractivity contribution in [2.45, 2.75) is 57.9 Å². The molecule has 0 radical (unpaired) electrons. The van der Waals surface area contributed by atoms with E-state index >= 15 is 0 Å². The lowest BCUT2D eigenvalue weighted by atomic mass is 9.95. The van der Waals surface area contributed by atoms with Crippen molar-refractivity contribution in [2.24, 2.45) is 5.92 Å². The maximum Gasteiger partial charge on any atom is 0.0495 e. The van der Waals surface area contributed by atoms with Gasteiger partial charge in [-0.15, -0.1) is 6.58 Å². The van der Waals surface area contributed by atoms with Crippen molar-refractivity contribution >= 4 is 0 Å². The second kappa shape index (κ2) is 9.67. The molecule has 0 amide bonds. The highest BCUT2D eigenvalue weighted by Crippen LogP contribution is 2.20. The molecule has 0 aromatic rings. The van der Waals surface area contributed by atoms with E-state index in [1.165, 1.54) is 44.9 Å². The van der Waals surface area contributed by atoms with Crippen molar-refractivity contribution in [3.8, 4) is 0 Å². The van der Waals surface area contributed by atoms with Crippen LogP contribution in [0.2, 0.25) is 0 Å². The molecular weight excluding hydrogens is 210 g/mol. The molecule has 0 spiro atoms. The van der Waals surface area contributed by atoms with E-state index in [4.69, 9.17) is 4.74 Å². The summed E-state index contributed by atoms with van der Waals surface area (Å²) in [5.74, 6) is 0.798. The summed E-state index contributed by atoms with van der Waals surface area (Å²) in [6, 6.07) is 0.704. The van der Waals surface area contributed by atoms with Gasteiger partial charge in [-0.2, -0.15) is 0 Å². The number of nitrogens with one attached hydrogen (secondary N) is 1. The first-order valence-corrected chi connectivity index (χ1v) is 7.28. The first kappa shape index (κ1) is 14.7. The molecule has 100 valence electrons. The van der Waals surface area contributed by atoms with E-state index in [9.17, 15) is 0 Å². The lowest BCUT2D eigenvalue weighted by molar-refractivity contribution is 0.180. The van der Waals surface area contributed by atoms with Crippen molar-refractivity contribution in [3.05, 3.63) is 12.7 Å². The summed E-state index contributed by atoms with van der Waals surface area (Å²) < 4.78 is 5.45. The van der Waals surface area contributed by atoms with Gasteiger partial charge in [0.2, 0.25) is 0 Å². The molecule has 0 aromatic carbocycles. The number of hydrogen-bond donors (Lipinski definition) is 1. The minimum atomic E-state index is 0.704. The maximum absolute atomic E-state index is 5.45. The third kappa shape index (κ3) is 6.85. The monoisotopic (exact) mass is 239 g/mol. The molecule has 2 heteroatoms. The Balaban J connectivity index is 2.10. The molecule has 1 aliphatic rings. The Morgan fingerprint density at radius 1 is 1.41 bits per heavy atom. The molecule has 0 saturated carbocycles. The molecule has 2 nitrogen and oxygen atoms in total. The number of unbranched alkanes of at least 4 members (excludes halogenated alkanes) is 3. The maximum atomic E-state index is 5.45. The predicted molar refractivity (Wildman–Crippen MR) is 74.3 cm³/mol. The Labute approximate surface area is 107 Å². The van der Waals surface area contributed by atoms with E-state index in [0.717, 1.165) is 25.7 Å². The molecular formula is C15H29NO. The van der Waals surface area contributed by atoms with Crippen molar-refractivity contribution in [2.75, 3.05) is 19.8 Å². The van der Waals surface area contributed by atoms with Gasteiger partial charge in [-0.25, -0.2) is 0 Å². The van der Waals surface area contributed by atoms with Crippen molar-refractivity contribution in [3.63, 3.8) is 0 Å². The average Bonchev–Trinajstić information content (AvgIpc) is 2.82. The van der Waals surface area contributed by atoms with E-state index in [1.54, 1.807) is 0 Å². The van der Waals surface area contributed by atoms with Crippen molar-refractivity contribution < 1.29 is 4.74 Å². The van der Waals surface area contributed by atoms with Gasteiger partial charge < -0.3 is 10.1 Å². The second-order valence-corrected chi connectivity index (χ2v) is 5.15. The van der Waals surface area contributed by atoms with Crippen LogP contribution in [0.3, 0.4) is 0 Å². The zero-order valence-electron chi connectivity index (χ0n) is 11.4. The quantitative estimate of drug-likeness (QED) is 0.465. The Hall–Kier alpha value is -0.340. The van der Waals surface area contributed by atoms with E-state index in [1.807, 2.05) is 6.08 Å². The Morgan fingerprint density at radius 3 is 2.94 bits per heavy atom. The summed E-state index contributed by atoms with van der Waals surface area (Å²) >= 11 is 0. The van der Waals surface area contributed by atoms with Crippen LogP contribution < -0.4 is 5.32 Å². The number of allylic oxidation sites excluding steroid dienone is 1. The van der Waals surface area contributed by atoms with Crippen LogP contribution in [-0.4, -0.2) is 25.8 Å². The van der Waals surface area contributed by atoms with Crippen LogP contribution >= 0.6 is 0 Å². The summed E-state index contributed by atoms with van der Waals surface area (Å²) in [5.41, 5.74) is 0. The third-order valence-electron chi connectivity index (χ3n) is 3.60. The van der Waals surface area contributed by atoms with Gasteiger partial charge in [0.15, 0.2) is 0 Å². The predicted octanol–water partition coefficient (Wildman–Crippen LogP) is 3.53. The molecule has 1 aliphatic heterocycles. The number of rotatable bonds is 10. The van der Waals surface area contributed by atoms with Gasteiger partial charge in [-0.1, -0.05) is 25.8 Å². The van der Waals surface area contributed by atoms with E-state index in [2.05, 4.69) is 18.8 Å². The molecule has 2 unspecified atom stereocenters. The molecule has 1 N–H and O–H groups in total. The summed E-state index contributed by atoms with van der Waals surface area (Å²) in [4.78, 5) is 0. The van der Waals surface area contributed by atoms with Crippen LogP contribution in [0.25, 0.3) is 0 Å². The number of ether oxygens (including phenoxy) is 1. The molecule has 1 fully saturated rings. The molecule has 1 rings (SSSR count). The number of hydrogen-bond acceptors (Lipinski definition) is 2. The standard InChI is InChI=1S/C15H29NO/c1-3-5-6-7-8-9-15(16-4-2)12-14-10-11-17-13-14/h3,14-16H,1,4-13H2,2H3. The average molecular weight is 239 g/mol. The molecule has 0 bridgehead atoms. The van der Waals surface area contributed by atoms with Crippen LogP contribution in [0.1, 0.15) is 51.9 Å². The molecule has 1 saturated heterocycles. The molecule has 0 aromatic heterocycles. The van der Waals surface area contributed by atoms with Crippen molar-refractivity contribution in [1.29, 1.82) is 0 Å².